The molecule has 0 radical (unpaired) electrons. The number of aliphatic carboxylic acids is 1. The number of amides is 2. The van der Waals surface area contributed by atoms with Crippen molar-refractivity contribution in [2.24, 2.45) is 5.92 Å². The molecule has 134 valence electrons. The topological polar surface area (TPSA) is 113 Å². The number of hydrogen-bond acceptors (Lipinski definition) is 5. The third-order valence-electron chi connectivity index (χ3n) is 3.61. The van der Waals surface area contributed by atoms with Gasteiger partial charge in [0, 0.05) is 32.1 Å². The highest BCUT2D eigenvalue weighted by molar-refractivity contribution is 5.88. The Hall–Kier alpha value is -2.97. The molecule has 0 aliphatic rings. The fourth-order valence-electron chi connectivity index (χ4n) is 2.10. The number of carbonyl (C=O) groups excluding carboxylic acids is 1. The number of nitrogens with one attached hydrogen (secondary N) is 1. The van der Waals surface area contributed by atoms with Gasteiger partial charge in [0.2, 0.25) is 0 Å². The van der Waals surface area contributed by atoms with Crippen molar-refractivity contribution in [2.45, 2.75) is 26.7 Å². The number of hydrogen-bond donors (Lipinski definition) is 2. The van der Waals surface area contributed by atoms with E-state index < -0.39 is 17.9 Å². The zero-order chi connectivity index (χ0) is 18.6. The summed E-state index contributed by atoms with van der Waals surface area (Å²) < 4.78 is 1.46. The van der Waals surface area contributed by atoms with E-state index in [-0.39, 0.29) is 12.5 Å². The van der Waals surface area contributed by atoms with Gasteiger partial charge in [-0.05, 0) is 12.0 Å². The molecule has 0 aliphatic carbocycles. The van der Waals surface area contributed by atoms with Crippen molar-refractivity contribution >= 4 is 17.8 Å². The van der Waals surface area contributed by atoms with Gasteiger partial charge in [0.05, 0.1) is 11.6 Å². The predicted molar refractivity (Wildman–Crippen MR) is 91.7 cm³/mol. The minimum atomic E-state index is -0.954. The SMILES string of the molecule is CC(CN(C)C(=O)Nc1cc(C(C)C)nn1-c1ncccn1)C(=O)O. The third-order valence-corrected chi connectivity index (χ3v) is 3.61. The lowest BCUT2D eigenvalue weighted by Crippen LogP contribution is -2.37. The third kappa shape index (κ3) is 4.52. The predicted octanol–water partition coefficient (Wildman–Crippen LogP) is 1.97. The molecule has 25 heavy (non-hydrogen) atoms. The first-order valence-electron chi connectivity index (χ1n) is 7.92. The molecule has 9 nitrogen and oxygen atoms in total. The molecule has 2 aromatic rings. The van der Waals surface area contributed by atoms with Gasteiger partial charge in [0.1, 0.15) is 5.82 Å². The summed E-state index contributed by atoms with van der Waals surface area (Å²) in [5, 5.41) is 16.2. The highest BCUT2D eigenvalue weighted by atomic mass is 16.4. The van der Waals surface area contributed by atoms with Crippen LogP contribution in [0.15, 0.2) is 24.5 Å². The van der Waals surface area contributed by atoms with E-state index in [2.05, 4.69) is 20.4 Å². The molecule has 0 aromatic carbocycles. The van der Waals surface area contributed by atoms with Gasteiger partial charge in [0.25, 0.3) is 5.95 Å². The molecule has 0 saturated carbocycles. The quantitative estimate of drug-likeness (QED) is 0.827. The maximum Gasteiger partial charge on any atom is 0.322 e. The zero-order valence-corrected chi connectivity index (χ0v) is 14.7. The van der Waals surface area contributed by atoms with Crippen LogP contribution < -0.4 is 5.32 Å². The maximum absolute atomic E-state index is 12.4. The summed E-state index contributed by atoms with van der Waals surface area (Å²) in [6, 6.07) is 3.02. The maximum atomic E-state index is 12.4. The molecule has 2 rings (SSSR count). The van der Waals surface area contributed by atoms with Crippen molar-refractivity contribution in [2.75, 3.05) is 18.9 Å². The second-order valence-corrected chi connectivity index (χ2v) is 6.12. The van der Waals surface area contributed by atoms with Crippen LogP contribution in [0.2, 0.25) is 0 Å². The van der Waals surface area contributed by atoms with E-state index in [0.29, 0.717) is 11.8 Å². The highest BCUT2D eigenvalue weighted by Gasteiger charge is 2.20. The van der Waals surface area contributed by atoms with Crippen LogP contribution in [0.4, 0.5) is 10.6 Å². The summed E-state index contributed by atoms with van der Waals surface area (Å²) in [4.78, 5) is 32.9. The number of carboxylic acids is 1. The van der Waals surface area contributed by atoms with Crippen molar-refractivity contribution in [3.63, 3.8) is 0 Å². The van der Waals surface area contributed by atoms with Crippen LogP contribution in [-0.2, 0) is 4.79 Å². The Morgan fingerprint density at radius 2 is 1.92 bits per heavy atom. The minimum absolute atomic E-state index is 0.0914. The van der Waals surface area contributed by atoms with E-state index >= 15 is 0 Å². The van der Waals surface area contributed by atoms with Crippen LogP contribution >= 0.6 is 0 Å². The van der Waals surface area contributed by atoms with E-state index in [4.69, 9.17) is 5.11 Å². The second kappa shape index (κ2) is 7.73. The number of rotatable bonds is 6. The number of urea groups is 1. The fourth-order valence-corrected chi connectivity index (χ4v) is 2.10. The van der Waals surface area contributed by atoms with Crippen molar-refractivity contribution in [1.29, 1.82) is 0 Å². The molecule has 9 heteroatoms. The summed E-state index contributed by atoms with van der Waals surface area (Å²) in [5.41, 5.74) is 0.782. The Labute approximate surface area is 145 Å². The number of carboxylic acid groups (broad SMARTS) is 1. The van der Waals surface area contributed by atoms with Gasteiger partial charge in [-0.1, -0.05) is 20.8 Å². The van der Waals surface area contributed by atoms with Gasteiger partial charge in [-0.3, -0.25) is 10.1 Å². The van der Waals surface area contributed by atoms with Crippen LogP contribution in [0.1, 0.15) is 32.4 Å². The van der Waals surface area contributed by atoms with Gasteiger partial charge < -0.3 is 10.0 Å². The Morgan fingerprint density at radius 1 is 1.28 bits per heavy atom. The van der Waals surface area contributed by atoms with Crippen molar-refractivity contribution in [3.05, 3.63) is 30.2 Å². The highest BCUT2D eigenvalue weighted by Crippen LogP contribution is 2.20. The van der Waals surface area contributed by atoms with Crippen LogP contribution in [0.5, 0.6) is 0 Å². The molecule has 0 saturated heterocycles. The Balaban J connectivity index is 2.23. The molecular weight excluding hydrogens is 324 g/mol. The van der Waals surface area contributed by atoms with E-state index in [1.54, 1.807) is 31.5 Å². The second-order valence-electron chi connectivity index (χ2n) is 6.12. The van der Waals surface area contributed by atoms with Crippen LogP contribution in [0.3, 0.4) is 0 Å². The summed E-state index contributed by atoms with van der Waals surface area (Å²) in [7, 11) is 1.54. The molecule has 2 N–H and O–H groups in total. The molecule has 2 heterocycles. The number of nitrogens with zero attached hydrogens (tertiary/aromatic N) is 5. The number of carbonyl (C=O) groups is 2. The minimum Gasteiger partial charge on any atom is -0.481 e. The molecule has 0 aliphatic heterocycles. The van der Waals surface area contributed by atoms with Crippen LogP contribution in [-0.4, -0.2) is 55.3 Å². The lowest BCUT2D eigenvalue weighted by Gasteiger charge is -2.20. The first-order valence-corrected chi connectivity index (χ1v) is 7.92. The monoisotopic (exact) mass is 346 g/mol. The van der Waals surface area contributed by atoms with E-state index in [1.165, 1.54) is 16.6 Å². The summed E-state index contributed by atoms with van der Waals surface area (Å²) in [5.74, 6) is -0.694. The number of aromatic nitrogens is 4. The van der Waals surface area contributed by atoms with Gasteiger partial charge in [0.15, 0.2) is 0 Å². The normalized spacial score (nSPS) is 12.0. The van der Waals surface area contributed by atoms with Crippen LogP contribution in [0, 0.1) is 5.92 Å². The Kier molecular flexibility index (Phi) is 5.68. The standard InChI is InChI=1S/C16H22N6O3/c1-10(2)12-8-13(22(20-12)15-17-6-5-7-18-15)19-16(25)21(4)9-11(3)14(23)24/h5-8,10-11H,9H2,1-4H3,(H,19,25)(H,23,24). The summed E-state index contributed by atoms with van der Waals surface area (Å²) in [6.45, 7) is 5.62. The first-order chi connectivity index (χ1) is 11.8. The van der Waals surface area contributed by atoms with Gasteiger partial charge in [-0.25, -0.2) is 14.8 Å². The molecule has 0 spiro atoms. The molecule has 2 aromatic heterocycles. The van der Waals surface area contributed by atoms with Gasteiger partial charge in [-0.15, -0.1) is 0 Å². The lowest BCUT2D eigenvalue weighted by molar-refractivity contribution is -0.141. The fraction of sp³-hybridized carbons (Fsp3) is 0.438. The van der Waals surface area contributed by atoms with Crippen molar-refractivity contribution in [3.8, 4) is 5.95 Å². The van der Waals surface area contributed by atoms with Crippen LogP contribution in [0.25, 0.3) is 5.95 Å². The van der Waals surface area contributed by atoms with Gasteiger partial charge in [-0.2, -0.15) is 9.78 Å². The van der Waals surface area contributed by atoms with Crippen molar-refractivity contribution in [1.82, 2.24) is 24.6 Å². The van der Waals surface area contributed by atoms with E-state index in [9.17, 15) is 9.59 Å². The van der Waals surface area contributed by atoms with Gasteiger partial charge >= 0.3 is 12.0 Å². The molecule has 1 atom stereocenters. The largest absolute Gasteiger partial charge is 0.481 e. The summed E-state index contributed by atoms with van der Waals surface area (Å²) in [6.07, 6.45) is 3.18. The molecular formula is C16H22N6O3. The zero-order valence-electron chi connectivity index (χ0n) is 14.7. The lowest BCUT2D eigenvalue weighted by atomic mass is 10.1. The molecule has 2 amide bonds. The van der Waals surface area contributed by atoms with Crippen molar-refractivity contribution < 1.29 is 14.7 Å². The average molecular weight is 346 g/mol. The Bertz CT molecular complexity index is 744. The number of anilines is 1. The molecule has 1 unspecified atom stereocenters. The molecule has 0 fully saturated rings. The first kappa shape index (κ1) is 18.4. The Morgan fingerprint density at radius 3 is 2.48 bits per heavy atom. The van der Waals surface area contributed by atoms with E-state index in [0.717, 1.165) is 5.69 Å². The molecule has 0 bridgehead atoms. The summed E-state index contributed by atoms with van der Waals surface area (Å²) >= 11 is 0. The smallest absolute Gasteiger partial charge is 0.322 e. The van der Waals surface area contributed by atoms with E-state index in [1.807, 2.05) is 13.8 Å². The average Bonchev–Trinajstić information content (AvgIpc) is 2.99.